The highest BCUT2D eigenvalue weighted by molar-refractivity contribution is 5.80. The molecular formula is C22H28N4O2. The van der Waals surface area contributed by atoms with Crippen molar-refractivity contribution in [3.8, 4) is 11.5 Å². The summed E-state index contributed by atoms with van der Waals surface area (Å²) in [6, 6.07) is 17.8. The second-order valence-electron chi connectivity index (χ2n) is 6.73. The van der Waals surface area contributed by atoms with E-state index in [9.17, 15) is 4.79 Å². The van der Waals surface area contributed by atoms with Gasteiger partial charge in [0, 0.05) is 39.6 Å². The Hall–Kier alpha value is -3.02. The van der Waals surface area contributed by atoms with Crippen molar-refractivity contribution < 1.29 is 9.53 Å². The Balaban J connectivity index is 1.64. The molecule has 148 valence electrons. The van der Waals surface area contributed by atoms with Gasteiger partial charge in [-0.2, -0.15) is 0 Å². The predicted molar refractivity (Wildman–Crippen MR) is 112 cm³/mol. The average Bonchev–Trinajstić information content (AvgIpc) is 2.72. The minimum Gasteiger partial charge on any atom is -0.457 e. The number of carbonyl (C=O) groups is 1. The zero-order valence-electron chi connectivity index (χ0n) is 16.6. The molecule has 1 N–H and O–H groups in total. The Labute approximate surface area is 166 Å². The molecule has 0 atom stereocenters. The molecule has 0 saturated carbocycles. The van der Waals surface area contributed by atoms with Crippen molar-refractivity contribution in [3.63, 3.8) is 0 Å². The van der Waals surface area contributed by atoms with E-state index < -0.39 is 0 Å². The van der Waals surface area contributed by atoms with Crippen LogP contribution in [0.15, 0.2) is 59.6 Å². The van der Waals surface area contributed by atoms with Crippen molar-refractivity contribution in [1.29, 1.82) is 0 Å². The number of hydrogen-bond acceptors (Lipinski definition) is 3. The van der Waals surface area contributed by atoms with Gasteiger partial charge in [0.05, 0.1) is 6.54 Å². The van der Waals surface area contributed by atoms with Crippen LogP contribution < -0.4 is 10.1 Å². The van der Waals surface area contributed by atoms with Gasteiger partial charge in [-0.05, 0) is 36.8 Å². The molecule has 6 heteroatoms. The number of hydrogen-bond donors (Lipinski definition) is 1. The van der Waals surface area contributed by atoms with Crippen LogP contribution in [0.2, 0.25) is 0 Å². The Kier molecular flexibility index (Phi) is 6.89. The molecule has 1 saturated heterocycles. The van der Waals surface area contributed by atoms with Gasteiger partial charge in [0.25, 0.3) is 0 Å². The standard InChI is InChI=1S/C22H28N4O2/c1-3-23-22(26-14-12-25(13-15-26)18(2)27)24-17-19-8-7-11-21(16-19)28-20-9-5-4-6-10-20/h4-11,16H,3,12-15,17H2,1-2H3,(H,23,24). The average molecular weight is 380 g/mol. The van der Waals surface area contributed by atoms with Crippen LogP contribution >= 0.6 is 0 Å². The van der Waals surface area contributed by atoms with Gasteiger partial charge < -0.3 is 19.9 Å². The highest BCUT2D eigenvalue weighted by atomic mass is 16.5. The van der Waals surface area contributed by atoms with Crippen LogP contribution in [0.25, 0.3) is 0 Å². The normalized spacial score (nSPS) is 14.7. The second-order valence-corrected chi connectivity index (χ2v) is 6.73. The number of nitrogens with zero attached hydrogens (tertiary/aromatic N) is 3. The molecule has 2 aromatic carbocycles. The lowest BCUT2D eigenvalue weighted by Gasteiger charge is -2.36. The third kappa shape index (κ3) is 5.49. The molecule has 1 heterocycles. The lowest BCUT2D eigenvalue weighted by molar-refractivity contribution is -0.130. The van der Waals surface area contributed by atoms with Gasteiger partial charge in [-0.1, -0.05) is 30.3 Å². The van der Waals surface area contributed by atoms with Gasteiger partial charge >= 0.3 is 0 Å². The first-order valence-corrected chi connectivity index (χ1v) is 9.76. The van der Waals surface area contributed by atoms with Gasteiger partial charge in [-0.15, -0.1) is 0 Å². The van der Waals surface area contributed by atoms with Crippen LogP contribution in [0.4, 0.5) is 0 Å². The van der Waals surface area contributed by atoms with E-state index in [1.807, 2.05) is 53.4 Å². The van der Waals surface area contributed by atoms with Crippen molar-refractivity contribution in [2.75, 3.05) is 32.7 Å². The Morgan fingerprint density at radius 2 is 1.68 bits per heavy atom. The number of nitrogens with one attached hydrogen (secondary N) is 1. The van der Waals surface area contributed by atoms with Crippen LogP contribution in [-0.4, -0.2) is 54.4 Å². The molecule has 0 radical (unpaired) electrons. The van der Waals surface area contributed by atoms with E-state index >= 15 is 0 Å². The number of piperazine rings is 1. The maximum atomic E-state index is 11.5. The molecular weight excluding hydrogens is 352 g/mol. The molecule has 0 spiro atoms. The van der Waals surface area contributed by atoms with Gasteiger partial charge in [-0.3, -0.25) is 4.79 Å². The van der Waals surface area contributed by atoms with Crippen LogP contribution in [-0.2, 0) is 11.3 Å². The first-order valence-electron chi connectivity index (χ1n) is 9.76. The molecule has 6 nitrogen and oxygen atoms in total. The van der Waals surface area contributed by atoms with E-state index in [1.165, 1.54) is 0 Å². The molecule has 1 aliphatic rings. The topological polar surface area (TPSA) is 57.2 Å². The molecule has 0 unspecified atom stereocenters. The summed E-state index contributed by atoms with van der Waals surface area (Å²) in [5, 5.41) is 3.36. The predicted octanol–water partition coefficient (Wildman–Crippen LogP) is 3.11. The Morgan fingerprint density at radius 1 is 1.00 bits per heavy atom. The molecule has 1 fully saturated rings. The number of rotatable bonds is 5. The smallest absolute Gasteiger partial charge is 0.219 e. The number of aliphatic imine (C=N–C) groups is 1. The summed E-state index contributed by atoms with van der Waals surface area (Å²) < 4.78 is 5.91. The van der Waals surface area contributed by atoms with Crippen molar-refractivity contribution in [3.05, 3.63) is 60.2 Å². The van der Waals surface area contributed by atoms with Crippen LogP contribution in [0, 0.1) is 0 Å². The number of amides is 1. The summed E-state index contributed by atoms with van der Waals surface area (Å²) in [6.45, 7) is 8.13. The summed E-state index contributed by atoms with van der Waals surface area (Å²) in [4.78, 5) is 20.4. The first kappa shape index (κ1) is 19.7. The number of ether oxygens (including phenoxy) is 1. The summed E-state index contributed by atoms with van der Waals surface area (Å²) >= 11 is 0. The fourth-order valence-corrected chi connectivity index (χ4v) is 3.16. The Morgan fingerprint density at radius 3 is 2.36 bits per heavy atom. The molecule has 0 aliphatic carbocycles. The van der Waals surface area contributed by atoms with Crippen LogP contribution in [0.5, 0.6) is 11.5 Å². The Bertz CT molecular complexity index is 799. The van der Waals surface area contributed by atoms with Crippen molar-refractivity contribution >= 4 is 11.9 Å². The monoisotopic (exact) mass is 380 g/mol. The maximum absolute atomic E-state index is 11.5. The maximum Gasteiger partial charge on any atom is 0.219 e. The number of benzene rings is 2. The van der Waals surface area contributed by atoms with Crippen LogP contribution in [0.3, 0.4) is 0 Å². The molecule has 1 aliphatic heterocycles. The van der Waals surface area contributed by atoms with E-state index in [-0.39, 0.29) is 5.91 Å². The zero-order chi connectivity index (χ0) is 19.8. The quantitative estimate of drug-likeness (QED) is 0.640. The lowest BCUT2D eigenvalue weighted by atomic mass is 10.2. The molecule has 2 aromatic rings. The van der Waals surface area contributed by atoms with Crippen molar-refractivity contribution in [1.82, 2.24) is 15.1 Å². The third-order valence-electron chi connectivity index (χ3n) is 4.65. The van der Waals surface area contributed by atoms with Gasteiger partial charge in [0.2, 0.25) is 5.91 Å². The minimum absolute atomic E-state index is 0.136. The molecule has 1 amide bonds. The highest BCUT2D eigenvalue weighted by Crippen LogP contribution is 2.22. The summed E-state index contributed by atoms with van der Waals surface area (Å²) in [5.74, 6) is 2.65. The van der Waals surface area contributed by atoms with E-state index in [1.54, 1.807) is 6.92 Å². The second kappa shape index (κ2) is 9.78. The molecule has 0 aromatic heterocycles. The molecule has 0 bridgehead atoms. The van der Waals surface area contributed by atoms with Gasteiger partial charge in [0.15, 0.2) is 5.96 Å². The van der Waals surface area contributed by atoms with Gasteiger partial charge in [0.1, 0.15) is 11.5 Å². The number of guanidine groups is 1. The lowest BCUT2D eigenvalue weighted by Crippen LogP contribution is -2.53. The van der Waals surface area contributed by atoms with Crippen LogP contribution in [0.1, 0.15) is 19.4 Å². The van der Waals surface area contributed by atoms with Gasteiger partial charge in [-0.25, -0.2) is 4.99 Å². The molecule has 28 heavy (non-hydrogen) atoms. The van der Waals surface area contributed by atoms with E-state index in [0.717, 1.165) is 55.7 Å². The SMILES string of the molecule is CCNC(=NCc1cccc(Oc2ccccc2)c1)N1CCN(C(C)=O)CC1. The summed E-state index contributed by atoms with van der Waals surface area (Å²) in [6.07, 6.45) is 0. The molecule has 3 rings (SSSR count). The largest absolute Gasteiger partial charge is 0.457 e. The van der Waals surface area contributed by atoms with Crippen molar-refractivity contribution in [2.45, 2.75) is 20.4 Å². The van der Waals surface area contributed by atoms with E-state index in [4.69, 9.17) is 9.73 Å². The number of para-hydroxylation sites is 1. The fourth-order valence-electron chi connectivity index (χ4n) is 3.16. The first-order chi connectivity index (χ1) is 13.7. The minimum atomic E-state index is 0.136. The third-order valence-corrected chi connectivity index (χ3v) is 4.65. The van der Waals surface area contributed by atoms with E-state index in [2.05, 4.69) is 23.2 Å². The highest BCUT2D eigenvalue weighted by Gasteiger charge is 2.20. The zero-order valence-corrected chi connectivity index (χ0v) is 16.6. The van der Waals surface area contributed by atoms with E-state index in [0.29, 0.717) is 6.54 Å². The number of carbonyl (C=O) groups excluding carboxylic acids is 1. The van der Waals surface area contributed by atoms with Crippen molar-refractivity contribution in [2.24, 2.45) is 4.99 Å². The summed E-state index contributed by atoms with van der Waals surface area (Å²) in [5.41, 5.74) is 1.09. The summed E-state index contributed by atoms with van der Waals surface area (Å²) in [7, 11) is 0. The fraction of sp³-hybridized carbons (Fsp3) is 0.364.